The Morgan fingerprint density at radius 3 is 2.50 bits per heavy atom. The Bertz CT molecular complexity index is 659. The summed E-state index contributed by atoms with van der Waals surface area (Å²) in [5.74, 6) is 1.52. The van der Waals surface area contributed by atoms with Crippen molar-refractivity contribution in [2.45, 2.75) is 13.0 Å². The summed E-state index contributed by atoms with van der Waals surface area (Å²) in [4.78, 5) is 14.0. The van der Waals surface area contributed by atoms with Crippen LogP contribution in [0.25, 0.3) is 0 Å². The maximum atomic E-state index is 12.2. The molecule has 0 aliphatic carbocycles. The van der Waals surface area contributed by atoms with E-state index in [1.807, 2.05) is 55.6 Å². The standard InChI is InChI=1S/C19H24N2O3/c1-21(14-15-7-5-4-6-8-15)19(22)11-12-20-17-10-9-16(23-2)13-18(17)24-3/h4-10,13,20H,11-12,14H2,1-3H3. The molecule has 0 atom stereocenters. The van der Waals surface area contributed by atoms with Gasteiger partial charge in [-0.3, -0.25) is 4.79 Å². The lowest BCUT2D eigenvalue weighted by molar-refractivity contribution is -0.130. The van der Waals surface area contributed by atoms with Crippen LogP contribution in [0.3, 0.4) is 0 Å². The quantitative estimate of drug-likeness (QED) is 0.809. The molecule has 5 heteroatoms. The third-order valence-electron chi connectivity index (χ3n) is 3.75. The molecule has 0 saturated carbocycles. The number of nitrogens with one attached hydrogen (secondary N) is 1. The molecule has 0 spiro atoms. The van der Waals surface area contributed by atoms with Crippen molar-refractivity contribution in [3.63, 3.8) is 0 Å². The molecule has 0 heterocycles. The van der Waals surface area contributed by atoms with E-state index in [0.717, 1.165) is 17.0 Å². The normalized spacial score (nSPS) is 10.1. The van der Waals surface area contributed by atoms with Gasteiger partial charge in [-0.05, 0) is 17.7 Å². The number of methoxy groups -OCH3 is 2. The third kappa shape index (κ3) is 4.91. The molecule has 24 heavy (non-hydrogen) atoms. The minimum Gasteiger partial charge on any atom is -0.497 e. The van der Waals surface area contributed by atoms with Gasteiger partial charge in [0.05, 0.1) is 19.9 Å². The Morgan fingerprint density at radius 1 is 1.08 bits per heavy atom. The molecule has 2 aromatic carbocycles. The van der Waals surface area contributed by atoms with Crippen molar-refractivity contribution < 1.29 is 14.3 Å². The van der Waals surface area contributed by atoms with Crippen molar-refractivity contribution in [2.24, 2.45) is 0 Å². The number of hydrogen-bond acceptors (Lipinski definition) is 4. The number of carbonyl (C=O) groups is 1. The fourth-order valence-electron chi connectivity index (χ4n) is 2.38. The van der Waals surface area contributed by atoms with Crippen LogP contribution < -0.4 is 14.8 Å². The highest BCUT2D eigenvalue weighted by Crippen LogP contribution is 2.28. The van der Waals surface area contributed by atoms with E-state index in [2.05, 4.69) is 5.32 Å². The van der Waals surface area contributed by atoms with Crippen LogP contribution in [0.2, 0.25) is 0 Å². The van der Waals surface area contributed by atoms with Crippen LogP contribution in [0.4, 0.5) is 5.69 Å². The van der Waals surface area contributed by atoms with E-state index in [0.29, 0.717) is 25.3 Å². The lowest BCUT2D eigenvalue weighted by atomic mass is 10.2. The average molecular weight is 328 g/mol. The topological polar surface area (TPSA) is 50.8 Å². The molecule has 0 aliphatic rings. The van der Waals surface area contributed by atoms with Gasteiger partial charge in [-0.2, -0.15) is 0 Å². The first-order chi connectivity index (χ1) is 11.6. The van der Waals surface area contributed by atoms with E-state index in [1.165, 1.54) is 0 Å². The van der Waals surface area contributed by atoms with E-state index >= 15 is 0 Å². The van der Waals surface area contributed by atoms with Crippen molar-refractivity contribution in [3.05, 3.63) is 54.1 Å². The van der Waals surface area contributed by atoms with Crippen LogP contribution in [0, 0.1) is 0 Å². The molecule has 0 aliphatic heterocycles. The summed E-state index contributed by atoms with van der Waals surface area (Å²) in [6, 6.07) is 15.5. The fourth-order valence-corrected chi connectivity index (χ4v) is 2.38. The Labute approximate surface area is 143 Å². The molecule has 128 valence electrons. The number of hydrogen-bond donors (Lipinski definition) is 1. The van der Waals surface area contributed by atoms with Crippen molar-refractivity contribution in [3.8, 4) is 11.5 Å². The number of ether oxygens (including phenoxy) is 2. The number of rotatable bonds is 8. The Morgan fingerprint density at radius 2 is 1.83 bits per heavy atom. The summed E-state index contributed by atoms with van der Waals surface area (Å²) in [6.07, 6.45) is 0.415. The van der Waals surface area contributed by atoms with Crippen LogP contribution in [0.1, 0.15) is 12.0 Å². The van der Waals surface area contributed by atoms with Gasteiger partial charge in [0.1, 0.15) is 11.5 Å². The molecular formula is C19H24N2O3. The van der Waals surface area contributed by atoms with Gasteiger partial charge in [0, 0.05) is 32.6 Å². The first kappa shape index (κ1) is 17.7. The molecule has 1 N–H and O–H groups in total. The van der Waals surface area contributed by atoms with Gasteiger partial charge in [-0.25, -0.2) is 0 Å². The molecule has 0 unspecified atom stereocenters. The average Bonchev–Trinajstić information content (AvgIpc) is 2.62. The number of anilines is 1. The fraction of sp³-hybridized carbons (Fsp3) is 0.316. The molecule has 0 radical (unpaired) electrons. The highest BCUT2D eigenvalue weighted by atomic mass is 16.5. The molecule has 0 bridgehead atoms. The lowest BCUT2D eigenvalue weighted by Crippen LogP contribution is -2.27. The molecule has 0 saturated heterocycles. The predicted octanol–water partition coefficient (Wildman–Crippen LogP) is 3.16. The van der Waals surface area contributed by atoms with E-state index in [4.69, 9.17) is 9.47 Å². The van der Waals surface area contributed by atoms with Gasteiger partial charge >= 0.3 is 0 Å². The second-order valence-corrected chi connectivity index (χ2v) is 5.48. The van der Waals surface area contributed by atoms with Gasteiger partial charge in [0.25, 0.3) is 0 Å². The van der Waals surface area contributed by atoms with Gasteiger partial charge in [0.2, 0.25) is 5.91 Å². The smallest absolute Gasteiger partial charge is 0.224 e. The SMILES string of the molecule is COc1ccc(NCCC(=O)N(C)Cc2ccccc2)c(OC)c1. The number of nitrogens with zero attached hydrogens (tertiary/aromatic N) is 1. The zero-order chi connectivity index (χ0) is 17.4. The maximum Gasteiger partial charge on any atom is 0.224 e. The predicted molar refractivity (Wildman–Crippen MR) is 95.6 cm³/mol. The molecule has 0 fully saturated rings. The van der Waals surface area contributed by atoms with Crippen LogP contribution >= 0.6 is 0 Å². The van der Waals surface area contributed by atoms with Crippen LogP contribution in [-0.2, 0) is 11.3 Å². The first-order valence-electron chi connectivity index (χ1n) is 7.88. The number of amides is 1. The molecular weight excluding hydrogens is 304 g/mol. The monoisotopic (exact) mass is 328 g/mol. The van der Waals surface area contributed by atoms with Crippen molar-refractivity contribution in [2.75, 3.05) is 33.1 Å². The minimum atomic E-state index is 0.0961. The number of carbonyl (C=O) groups excluding carboxylic acids is 1. The van der Waals surface area contributed by atoms with Crippen molar-refractivity contribution in [1.29, 1.82) is 0 Å². The van der Waals surface area contributed by atoms with E-state index < -0.39 is 0 Å². The second-order valence-electron chi connectivity index (χ2n) is 5.48. The Hall–Kier alpha value is -2.69. The lowest BCUT2D eigenvalue weighted by Gasteiger charge is -2.18. The zero-order valence-corrected chi connectivity index (χ0v) is 14.4. The largest absolute Gasteiger partial charge is 0.497 e. The summed E-state index contributed by atoms with van der Waals surface area (Å²) < 4.78 is 10.5. The van der Waals surface area contributed by atoms with E-state index in [1.54, 1.807) is 19.1 Å². The summed E-state index contributed by atoms with van der Waals surface area (Å²) in [5, 5.41) is 3.24. The molecule has 2 rings (SSSR count). The zero-order valence-electron chi connectivity index (χ0n) is 14.4. The molecule has 2 aromatic rings. The summed E-state index contributed by atoms with van der Waals surface area (Å²) in [5.41, 5.74) is 1.97. The molecule has 0 aromatic heterocycles. The van der Waals surface area contributed by atoms with E-state index in [9.17, 15) is 4.79 Å². The summed E-state index contributed by atoms with van der Waals surface area (Å²) >= 11 is 0. The highest BCUT2D eigenvalue weighted by Gasteiger charge is 2.10. The maximum absolute atomic E-state index is 12.2. The van der Waals surface area contributed by atoms with Gasteiger partial charge in [-0.15, -0.1) is 0 Å². The van der Waals surface area contributed by atoms with Crippen LogP contribution in [0.5, 0.6) is 11.5 Å². The first-order valence-corrected chi connectivity index (χ1v) is 7.88. The molecule has 5 nitrogen and oxygen atoms in total. The molecule has 1 amide bonds. The van der Waals surface area contributed by atoms with E-state index in [-0.39, 0.29) is 5.91 Å². The van der Waals surface area contributed by atoms with Crippen LogP contribution in [0.15, 0.2) is 48.5 Å². The third-order valence-corrected chi connectivity index (χ3v) is 3.75. The van der Waals surface area contributed by atoms with Gasteiger partial charge < -0.3 is 19.7 Å². The minimum absolute atomic E-state index is 0.0961. The summed E-state index contributed by atoms with van der Waals surface area (Å²) in [6.45, 7) is 1.16. The Kier molecular flexibility index (Phi) is 6.49. The Balaban J connectivity index is 1.84. The van der Waals surface area contributed by atoms with Crippen molar-refractivity contribution in [1.82, 2.24) is 4.90 Å². The van der Waals surface area contributed by atoms with Crippen LogP contribution in [-0.4, -0.2) is 38.6 Å². The van der Waals surface area contributed by atoms with Crippen molar-refractivity contribution >= 4 is 11.6 Å². The second kappa shape index (κ2) is 8.82. The highest BCUT2D eigenvalue weighted by molar-refractivity contribution is 5.76. The summed E-state index contributed by atoms with van der Waals surface area (Å²) in [7, 11) is 5.05. The number of benzene rings is 2. The van der Waals surface area contributed by atoms with Gasteiger partial charge in [0.15, 0.2) is 0 Å². The van der Waals surface area contributed by atoms with Gasteiger partial charge in [-0.1, -0.05) is 30.3 Å².